The zero-order valence-electron chi connectivity index (χ0n) is 6.57. The Bertz CT molecular complexity index is 184. The van der Waals surface area contributed by atoms with Gasteiger partial charge in [-0.05, 0) is 13.8 Å². The maximum absolute atomic E-state index is 10.7. The van der Waals surface area contributed by atoms with Crippen molar-refractivity contribution in [2.75, 3.05) is 6.61 Å². The van der Waals surface area contributed by atoms with Gasteiger partial charge in [-0.15, -0.1) is 0 Å². The fourth-order valence-electron chi connectivity index (χ4n) is 0.365. The van der Waals surface area contributed by atoms with Crippen LogP contribution >= 0.6 is 0 Å². The average molecular weight is 157 g/mol. The molecule has 0 rings (SSSR count). The van der Waals surface area contributed by atoms with Crippen LogP contribution in [0.25, 0.3) is 0 Å². The molecule has 0 aromatic rings. The molecule has 11 heavy (non-hydrogen) atoms. The highest BCUT2D eigenvalue weighted by Crippen LogP contribution is 1.84. The highest BCUT2D eigenvalue weighted by molar-refractivity contribution is 6.35. The molecule has 0 spiro atoms. The van der Waals surface area contributed by atoms with Crippen LogP contribution in [0.5, 0.6) is 0 Å². The van der Waals surface area contributed by atoms with Crippen molar-refractivity contribution in [2.24, 2.45) is 5.16 Å². The molecule has 0 amide bonds. The molecule has 0 saturated heterocycles. The van der Waals surface area contributed by atoms with Gasteiger partial charge in [-0.3, -0.25) is 0 Å². The summed E-state index contributed by atoms with van der Waals surface area (Å²) in [4.78, 5) is 10.7. The van der Waals surface area contributed by atoms with E-state index in [2.05, 4.69) is 9.89 Å². The Balaban J connectivity index is 3.70. The van der Waals surface area contributed by atoms with Crippen LogP contribution in [0.3, 0.4) is 0 Å². The predicted octanol–water partition coefficient (Wildman–Crippen LogP) is 0.956. The summed E-state index contributed by atoms with van der Waals surface area (Å²) < 4.78 is 4.62. The normalized spacial score (nSPS) is 12.0. The molecular formula is C7H11NO3. The third-order valence-electron chi connectivity index (χ3n) is 0.992. The first-order valence-electron chi connectivity index (χ1n) is 3.19. The molecule has 0 fully saturated rings. The zero-order chi connectivity index (χ0) is 8.69. The van der Waals surface area contributed by atoms with Crippen molar-refractivity contribution < 1.29 is 14.7 Å². The van der Waals surface area contributed by atoms with Crippen molar-refractivity contribution in [2.45, 2.75) is 13.8 Å². The quantitative estimate of drug-likeness (QED) is 0.218. The van der Waals surface area contributed by atoms with Gasteiger partial charge < -0.3 is 9.94 Å². The van der Waals surface area contributed by atoms with Gasteiger partial charge in [0.15, 0.2) is 5.71 Å². The van der Waals surface area contributed by atoms with E-state index < -0.39 is 5.97 Å². The average Bonchev–Trinajstić information content (AvgIpc) is 2.03. The number of oxime groups is 1. The van der Waals surface area contributed by atoms with Crippen molar-refractivity contribution in [3.05, 3.63) is 12.2 Å². The van der Waals surface area contributed by atoms with E-state index in [1.165, 1.54) is 6.92 Å². The zero-order valence-corrected chi connectivity index (χ0v) is 6.57. The number of esters is 1. The molecule has 62 valence electrons. The predicted molar refractivity (Wildman–Crippen MR) is 40.7 cm³/mol. The van der Waals surface area contributed by atoms with Crippen molar-refractivity contribution >= 4 is 11.7 Å². The van der Waals surface area contributed by atoms with Crippen molar-refractivity contribution in [3.63, 3.8) is 0 Å². The van der Waals surface area contributed by atoms with E-state index in [4.69, 9.17) is 5.21 Å². The van der Waals surface area contributed by atoms with E-state index in [1.54, 1.807) is 12.2 Å². The number of carbonyl (C=O) groups is 1. The van der Waals surface area contributed by atoms with Crippen LogP contribution in [0.1, 0.15) is 13.8 Å². The van der Waals surface area contributed by atoms with Gasteiger partial charge in [0, 0.05) is 0 Å². The molecule has 0 atom stereocenters. The minimum absolute atomic E-state index is 0.0468. The fraction of sp³-hybridized carbons (Fsp3) is 0.429. The van der Waals surface area contributed by atoms with Crippen molar-refractivity contribution in [1.82, 2.24) is 0 Å². The molecule has 0 aliphatic heterocycles. The lowest BCUT2D eigenvalue weighted by Crippen LogP contribution is -2.14. The Morgan fingerprint density at radius 2 is 2.36 bits per heavy atom. The summed E-state index contributed by atoms with van der Waals surface area (Å²) in [7, 11) is 0. The highest BCUT2D eigenvalue weighted by Gasteiger charge is 2.05. The SMILES string of the molecule is CC=CCOC(=O)C(C)=NO. The lowest BCUT2D eigenvalue weighted by atomic mass is 10.4. The summed E-state index contributed by atoms with van der Waals surface area (Å²) in [5, 5.41) is 10.8. The van der Waals surface area contributed by atoms with E-state index >= 15 is 0 Å². The Labute approximate surface area is 65.2 Å². The van der Waals surface area contributed by atoms with Crippen LogP contribution in [0, 0.1) is 0 Å². The summed E-state index contributed by atoms with van der Waals surface area (Å²) in [6, 6.07) is 0. The van der Waals surface area contributed by atoms with Crippen molar-refractivity contribution in [1.29, 1.82) is 0 Å². The number of carbonyl (C=O) groups excluding carboxylic acids is 1. The van der Waals surface area contributed by atoms with Gasteiger partial charge >= 0.3 is 5.97 Å². The topological polar surface area (TPSA) is 58.9 Å². The minimum Gasteiger partial charge on any atom is -0.457 e. The molecule has 0 bridgehead atoms. The lowest BCUT2D eigenvalue weighted by molar-refractivity contribution is -0.134. The summed E-state index contributed by atoms with van der Waals surface area (Å²) in [6.45, 7) is 3.40. The second kappa shape index (κ2) is 5.46. The number of nitrogens with zero attached hydrogens (tertiary/aromatic N) is 1. The van der Waals surface area contributed by atoms with Crippen LogP contribution in [0.4, 0.5) is 0 Å². The van der Waals surface area contributed by atoms with Gasteiger partial charge in [-0.1, -0.05) is 17.3 Å². The third kappa shape index (κ3) is 4.13. The van der Waals surface area contributed by atoms with E-state index in [0.29, 0.717) is 0 Å². The van der Waals surface area contributed by atoms with E-state index in [0.717, 1.165) is 0 Å². The second-order valence-corrected chi connectivity index (χ2v) is 1.85. The summed E-state index contributed by atoms with van der Waals surface area (Å²) >= 11 is 0. The molecule has 1 N–H and O–H groups in total. The molecular weight excluding hydrogens is 146 g/mol. The van der Waals surface area contributed by atoms with Gasteiger partial charge in [0.1, 0.15) is 6.61 Å². The van der Waals surface area contributed by atoms with Crippen LogP contribution in [0.15, 0.2) is 17.3 Å². The molecule has 4 heteroatoms. The number of rotatable bonds is 3. The molecule has 0 aliphatic carbocycles. The summed E-state index contributed by atoms with van der Waals surface area (Å²) in [6.07, 6.45) is 3.45. The van der Waals surface area contributed by atoms with Crippen LogP contribution in [-0.2, 0) is 9.53 Å². The molecule has 0 heterocycles. The Morgan fingerprint density at radius 3 is 2.82 bits per heavy atom. The fourth-order valence-corrected chi connectivity index (χ4v) is 0.365. The summed E-state index contributed by atoms with van der Waals surface area (Å²) in [5.41, 5.74) is -0.0468. The second-order valence-electron chi connectivity index (χ2n) is 1.85. The van der Waals surface area contributed by atoms with E-state index in [-0.39, 0.29) is 12.3 Å². The molecule has 0 aliphatic rings. The number of ether oxygens (including phenoxy) is 1. The first-order chi connectivity index (χ1) is 5.22. The molecule has 0 unspecified atom stereocenters. The van der Waals surface area contributed by atoms with Crippen molar-refractivity contribution in [3.8, 4) is 0 Å². The van der Waals surface area contributed by atoms with Gasteiger partial charge in [0.05, 0.1) is 0 Å². The molecule has 0 radical (unpaired) electrons. The van der Waals surface area contributed by atoms with E-state index in [1.807, 2.05) is 6.92 Å². The smallest absolute Gasteiger partial charge is 0.356 e. The summed E-state index contributed by atoms with van der Waals surface area (Å²) in [5.74, 6) is -0.606. The van der Waals surface area contributed by atoms with Gasteiger partial charge in [-0.2, -0.15) is 0 Å². The molecule has 0 aromatic carbocycles. The van der Waals surface area contributed by atoms with Gasteiger partial charge in [0.25, 0.3) is 0 Å². The lowest BCUT2D eigenvalue weighted by Gasteiger charge is -1.97. The Kier molecular flexibility index (Phi) is 4.81. The number of hydrogen-bond acceptors (Lipinski definition) is 4. The first-order valence-corrected chi connectivity index (χ1v) is 3.19. The van der Waals surface area contributed by atoms with Crippen LogP contribution < -0.4 is 0 Å². The van der Waals surface area contributed by atoms with Crippen LogP contribution in [0.2, 0.25) is 0 Å². The van der Waals surface area contributed by atoms with Gasteiger partial charge in [-0.25, -0.2) is 4.79 Å². The minimum atomic E-state index is -0.606. The third-order valence-corrected chi connectivity index (χ3v) is 0.992. The maximum atomic E-state index is 10.7. The molecule has 0 saturated carbocycles. The Hall–Kier alpha value is -1.32. The standard InChI is InChI=1S/C7H11NO3/c1-3-4-5-11-7(9)6(2)8-10/h3-4,10H,5H2,1-2H3. The number of allylic oxidation sites excluding steroid dienone is 1. The van der Waals surface area contributed by atoms with Crippen LogP contribution in [-0.4, -0.2) is 23.5 Å². The van der Waals surface area contributed by atoms with Gasteiger partial charge in [0.2, 0.25) is 0 Å². The number of hydrogen-bond donors (Lipinski definition) is 1. The monoisotopic (exact) mass is 157 g/mol. The van der Waals surface area contributed by atoms with E-state index in [9.17, 15) is 4.79 Å². The molecule has 0 aromatic heterocycles. The maximum Gasteiger partial charge on any atom is 0.356 e. The largest absolute Gasteiger partial charge is 0.457 e. The highest BCUT2D eigenvalue weighted by atomic mass is 16.5. The first kappa shape index (κ1) is 9.68. The molecule has 4 nitrogen and oxygen atoms in total. The Morgan fingerprint density at radius 1 is 1.73 bits per heavy atom.